The summed E-state index contributed by atoms with van der Waals surface area (Å²) in [5.41, 5.74) is -0.865. The maximum absolute atomic E-state index is 12.7. The van der Waals surface area contributed by atoms with E-state index in [1.807, 2.05) is 6.07 Å². The van der Waals surface area contributed by atoms with Gasteiger partial charge >= 0.3 is 6.18 Å². The van der Waals surface area contributed by atoms with Crippen molar-refractivity contribution in [2.75, 3.05) is 20.2 Å². The number of halogens is 3. The van der Waals surface area contributed by atoms with Crippen molar-refractivity contribution in [3.63, 3.8) is 0 Å². The second-order valence-corrected chi connectivity index (χ2v) is 4.32. The third-order valence-electron chi connectivity index (χ3n) is 2.75. The molecule has 0 bridgehead atoms. The fraction of sp³-hybridized carbons (Fsp3) is 0.429. The van der Waals surface area contributed by atoms with Gasteiger partial charge < -0.3 is 9.64 Å². The van der Waals surface area contributed by atoms with Crippen LogP contribution in [-0.4, -0.2) is 31.0 Å². The molecule has 0 radical (unpaired) electrons. The van der Waals surface area contributed by atoms with Crippen molar-refractivity contribution in [3.05, 3.63) is 29.8 Å². The van der Waals surface area contributed by atoms with Crippen LogP contribution in [0.2, 0.25) is 0 Å². The van der Waals surface area contributed by atoms with Crippen LogP contribution in [0.5, 0.6) is 5.75 Å². The topological polar surface area (TPSA) is 53.3 Å². The van der Waals surface area contributed by atoms with E-state index in [2.05, 4.69) is 0 Å². The summed E-state index contributed by atoms with van der Waals surface area (Å²) in [4.78, 5) is 13.0. The highest BCUT2D eigenvalue weighted by atomic mass is 19.4. The number of nitrogens with zero attached hydrogens (tertiary/aromatic N) is 2. The Morgan fingerprint density at radius 1 is 1.38 bits per heavy atom. The number of amides is 1. The van der Waals surface area contributed by atoms with Gasteiger partial charge in [-0.2, -0.15) is 18.4 Å². The standard InChI is InChI=1S/C14H15F3N2O2/c1-19(9-4-8-18)13(20)7-10-21-12-6-3-2-5-11(12)14(15,16)17/h2-3,5-6H,4,7,9-10H2,1H3. The van der Waals surface area contributed by atoms with Crippen molar-refractivity contribution in [2.24, 2.45) is 0 Å². The predicted octanol–water partition coefficient (Wildman–Crippen LogP) is 2.85. The normalized spacial score (nSPS) is 10.8. The molecule has 0 heterocycles. The van der Waals surface area contributed by atoms with Gasteiger partial charge in [0.15, 0.2) is 0 Å². The highest BCUT2D eigenvalue weighted by Gasteiger charge is 2.33. The van der Waals surface area contributed by atoms with Gasteiger partial charge in [-0.3, -0.25) is 4.79 Å². The third kappa shape index (κ3) is 5.34. The van der Waals surface area contributed by atoms with Crippen molar-refractivity contribution < 1.29 is 22.7 Å². The summed E-state index contributed by atoms with van der Waals surface area (Å²) in [6, 6.07) is 6.76. The van der Waals surface area contributed by atoms with Crippen LogP contribution in [0.25, 0.3) is 0 Å². The molecular formula is C14H15F3N2O2. The first-order valence-corrected chi connectivity index (χ1v) is 6.26. The molecule has 0 unspecified atom stereocenters. The Kier molecular flexibility index (Phi) is 6.03. The molecule has 0 saturated carbocycles. The molecule has 0 aromatic heterocycles. The van der Waals surface area contributed by atoms with Gasteiger partial charge in [0.1, 0.15) is 5.75 Å². The van der Waals surface area contributed by atoms with Gasteiger partial charge in [0, 0.05) is 13.6 Å². The minimum atomic E-state index is -4.50. The Morgan fingerprint density at radius 3 is 2.67 bits per heavy atom. The number of rotatable bonds is 6. The monoisotopic (exact) mass is 300 g/mol. The minimum absolute atomic E-state index is 0.0475. The van der Waals surface area contributed by atoms with Gasteiger partial charge in [0.25, 0.3) is 0 Å². The van der Waals surface area contributed by atoms with Crippen LogP contribution in [0.15, 0.2) is 24.3 Å². The molecule has 0 aliphatic rings. The lowest BCUT2D eigenvalue weighted by Gasteiger charge is -2.17. The van der Waals surface area contributed by atoms with Crippen molar-refractivity contribution in [2.45, 2.75) is 19.0 Å². The van der Waals surface area contributed by atoms with Crippen molar-refractivity contribution in [1.82, 2.24) is 4.90 Å². The summed E-state index contributed by atoms with van der Waals surface area (Å²) in [7, 11) is 1.53. The fourth-order valence-electron chi connectivity index (χ4n) is 1.61. The zero-order valence-corrected chi connectivity index (χ0v) is 11.5. The Bertz CT molecular complexity index is 524. The van der Waals surface area contributed by atoms with E-state index in [0.29, 0.717) is 0 Å². The van der Waals surface area contributed by atoms with Gasteiger partial charge in [-0.25, -0.2) is 0 Å². The number of alkyl halides is 3. The molecule has 4 nitrogen and oxygen atoms in total. The number of carbonyl (C=O) groups excluding carboxylic acids is 1. The predicted molar refractivity (Wildman–Crippen MR) is 69.4 cm³/mol. The van der Waals surface area contributed by atoms with Crippen LogP contribution in [0.3, 0.4) is 0 Å². The quantitative estimate of drug-likeness (QED) is 0.811. The third-order valence-corrected chi connectivity index (χ3v) is 2.75. The van der Waals surface area contributed by atoms with Crippen LogP contribution in [0, 0.1) is 11.3 Å². The molecule has 0 aliphatic heterocycles. The molecule has 0 N–H and O–H groups in total. The van der Waals surface area contributed by atoms with E-state index >= 15 is 0 Å². The summed E-state index contributed by atoms with van der Waals surface area (Å²) >= 11 is 0. The lowest BCUT2D eigenvalue weighted by Crippen LogP contribution is -2.28. The number of nitriles is 1. The largest absolute Gasteiger partial charge is 0.492 e. The highest BCUT2D eigenvalue weighted by molar-refractivity contribution is 5.76. The van der Waals surface area contributed by atoms with E-state index in [0.717, 1.165) is 6.07 Å². The summed E-state index contributed by atoms with van der Waals surface area (Å²) < 4.78 is 43.2. The Labute approximate surface area is 120 Å². The van der Waals surface area contributed by atoms with Crippen LogP contribution in [-0.2, 0) is 11.0 Å². The van der Waals surface area contributed by atoms with E-state index in [1.54, 1.807) is 0 Å². The molecule has 1 aromatic rings. The molecule has 7 heteroatoms. The lowest BCUT2D eigenvalue weighted by molar-refractivity contribution is -0.139. The molecule has 1 aromatic carbocycles. The SMILES string of the molecule is CN(CCC#N)C(=O)CCOc1ccccc1C(F)(F)F. The molecule has 1 rings (SSSR count). The molecule has 0 fully saturated rings. The van der Waals surface area contributed by atoms with Gasteiger partial charge in [0.2, 0.25) is 5.91 Å². The summed E-state index contributed by atoms with van der Waals surface area (Å²) in [6.45, 7) is 0.136. The van der Waals surface area contributed by atoms with Gasteiger partial charge in [0.05, 0.1) is 31.1 Å². The Morgan fingerprint density at radius 2 is 2.05 bits per heavy atom. The van der Waals surface area contributed by atoms with Crippen molar-refractivity contribution in [1.29, 1.82) is 5.26 Å². The van der Waals surface area contributed by atoms with E-state index in [-0.39, 0.29) is 37.6 Å². The van der Waals surface area contributed by atoms with Crippen LogP contribution < -0.4 is 4.74 Å². The highest BCUT2D eigenvalue weighted by Crippen LogP contribution is 2.35. The Balaban J connectivity index is 2.54. The zero-order chi connectivity index (χ0) is 15.9. The van der Waals surface area contributed by atoms with Crippen LogP contribution in [0.4, 0.5) is 13.2 Å². The lowest BCUT2D eigenvalue weighted by atomic mass is 10.2. The average Bonchev–Trinajstić information content (AvgIpc) is 2.44. The maximum Gasteiger partial charge on any atom is 0.419 e. The smallest absolute Gasteiger partial charge is 0.419 e. The van der Waals surface area contributed by atoms with Crippen LogP contribution in [0.1, 0.15) is 18.4 Å². The maximum atomic E-state index is 12.7. The zero-order valence-electron chi connectivity index (χ0n) is 11.5. The number of hydrogen-bond acceptors (Lipinski definition) is 3. The minimum Gasteiger partial charge on any atom is -0.492 e. The first kappa shape index (κ1) is 16.8. The fourth-order valence-corrected chi connectivity index (χ4v) is 1.61. The molecule has 0 aliphatic carbocycles. The first-order chi connectivity index (χ1) is 9.86. The van der Waals surface area contributed by atoms with Gasteiger partial charge in [-0.15, -0.1) is 0 Å². The van der Waals surface area contributed by atoms with E-state index in [1.165, 1.54) is 30.1 Å². The molecule has 0 atom stereocenters. The molecule has 114 valence electrons. The molecule has 21 heavy (non-hydrogen) atoms. The number of ether oxygens (including phenoxy) is 1. The van der Waals surface area contributed by atoms with E-state index in [9.17, 15) is 18.0 Å². The molecule has 1 amide bonds. The first-order valence-electron chi connectivity index (χ1n) is 6.26. The summed E-state index contributed by atoms with van der Waals surface area (Å²) in [6.07, 6.45) is -4.34. The number of benzene rings is 1. The van der Waals surface area contributed by atoms with E-state index < -0.39 is 11.7 Å². The summed E-state index contributed by atoms with van der Waals surface area (Å²) in [5, 5.41) is 8.41. The van der Waals surface area contributed by atoms with E-state index in [4.69, 9.17) is 10.00 Å². The van der Waals surface area contributed by atoms with Gasteiger partial charge in [-0.1, -0.05) is 12.1 Å². The number of carbonyl (C=O) groups is 1. The van der Waals surface area contributed by atoms with Crippen molar-refractivity contribution >= 4 is 5.91 Å². The average molecular weight is 300 g/mol. The molecular weight excluding hydrogens is 285 g/mol. The van der Waals surface area contributed by atoms with Crippen molar-refractivity contribution in [3.8, 4) is 11.8 Å². The second-order valence-electron chi connectivity index (χ2n) is 4.32. The molecule has 0 saturated heterocycles. The van der Waals surface area contributed by atoms with Crippen LogP contribution >= 0.6 is 0 Å². The Hall–Kier alpha value is -2.23. The summed E-state index contributed by atoms with van der Waals surface area (Å²) in [5.74, 6) is -0.577. The number of hydrogen-bond donors (Lipinski definition) is 0. The van der Waals surface area contributed by atoms with Gasteiger partial charge in [-0.05, 0) is 12.1 Å². The molecule has 0 spiro atoms. The second kappa shape index (κ2) is 7.53. The number of para-hydroxylation sites is 1.